The Balaban J connectivity index is 1.40. The van der Waals surface area contributed by atoms with Gasteiger partial charge in [0.25, 0.3) is 0 Å². The average molecular weight is 342 g/mol. The average Bonchev–Trinajstić information content (AvgIpc) is 3.13. The number of likely N-dealkylation sites (tertiary alicyclic amines) is 1. The van der Waals surface area contributed by atoms with Crippen molar-refractivity contribution < 1.29 is 9.32 Å². The summed E-state index contributed by atoms with van der Waals surface area (Å²) in [4.78, 5) is 14.3. The van der Waals surface area contributed by atoms with Gasteiger partial charge in [-0.05, 0) is 36.4 Å². The SMILES string of the molecule is C[C@@H]1CCCN(Cc2ccc(CNC(=O)NCc3ccon3)cc2)C1. The van der Waals surface area contributed by atoms with E-state index in [1.54, 1.807) is 6.07 Å². The van der Waals surface area contributed by atoms with E-state index in [4.69, 9.17) is 4.52 Å². The third-order valence-electron chi connectivity index (χ3n) is 4.54. The highest BCUT2D eigenvalue weighted by atomic mass is 16.5. The summed E-state index contributed by atoms with van der Waals surface area (Å²) in [7, 11) is 0. The Morgan fingerprint density at radius 2 is 1.96 bits per heavy atom. The second-order valence-electron chi connectivity index (χ2n) is 6.83. The maximum absolute atomic E-state index is 11.8. The van der Waals surface area contributed by atoms with Crippen molar-refractivity contribution in [2.24, 2.45) is 5.92 Å². The Labute approximate surface area is 148 Å². The van der Waals surface area contributed by atoms with Gasteiger partial charge in [-0.1, -0.05) is 36.3 Å². The van der Waals surface area contributed by atoms with Crippen LogP contribution in [0.3, 0.4) is 0 Å². The van der Waals surface area contributed by atoms with Gasteiger partial charge in [0.15, 0.2) is 0 Å². The van der Waals surface area contributed by atoms with Crippen LogP contribution in [-0.2, 0) is 19.6 Å². The van der Waals surface area contributed by atoms with E-state index < -0.39 is 0 Å². The van der Waals surface area contributed by atoms with Crippen molar-refractivity contribution >= 4 is 6.03 Å². The lowest BCUT2D eigenvalue weighted by Crippen LogP contribution is -2.34. The van der Waals surface area contributed by atoms with Crippen LogP contribution in [0, 0.1) is 5.92 Å². The molecule has 1 saturated heterocycles. The van der Waals surface area contributed by atoms with Crippen LogP contribution in [0.4, 0.5) is 4.79 Å². The molecule has 1 aliphatic heterocycles. The minimum absolute atomic E-state index is 0.214. The van der Waals surface area contributed by atoms with Crippen molar-refractivity contribution in [3.8, 4) is 0 Å². The first-order valence-electron chi connectivity index (χ1n) is 8.90. The van der Waals surface area contributed by atoms with Gasteiger partial charge < -0.3 is 15.2 Å². The van der Waals surface area contributed by atoms with Crippen LogP contribution in [0.15, 0.2) is 41.1 Å². The lowest BCUT2D eigenvalue weighted by atomic mass is 9.99. The lowest BCUT2D eigenvalue weighted by molar-refractivity contribution is 0.176. The van der Waals surface area contributed by atoms with Crippen molar-refractivity contribution in [2.45, 2.75) is 39.4 Å². The monoisotopic (exact) mass is 342 g/mol. The van der Waals surface area contributed by atoms with Crippen LogP contribution in [0.1, 0.15) is 36.6 Å². The number of piperidine rings is 1. The maximum Gasteiger partial charge on any atom is 0.315 e. The highest BCUT2D eigenvalue weighted by molar-refractivity contribution is 5.73. The summed E-state index contributed by atoms with van der Waals surface area (Å²) in [5.74, 6) is 0.799. The predicted molar refractivity (Wildman–Crippen MR) is 95.7 cm³/mol. The molecular formula is C19H26N4O2. The third kappa shape index (κ3) is 5.60. The molecule has 0 spiro atoms. The summed E-state index contributed by atoms with van der Waals surface area (Å²) in [6.45, 7) is 6.58. The molecule has 6 nitrogen and oxygen atoms in total. The second-order valence-corrected chi connectivity index (χ2v) is 6.83. The minimum Gasteiger partial charge on any atom is -0.364 e. The van der Waals surface area contributed by atoms with Crippen molar-refractivity contribution in [3.63, 3.8) is 0 Å². The summed E-state index contributed by atoms with van der Waals surface area (Å²) in [6, 6.07) is 9.99. The van der Waals surface area contributed by atoms with Crippen molar-refractivity contribution in [2.75, 3.05) is 13.1 Å². The largest absolute Gasteiger partial charge is 0.364 e. The minimum atomic E-state index is -0.214. The molecule has 1 aromatic heterocycles. The summed E-state index contributed by atoms with van der Waals surface area (Å²) < 4.78 is 4.72. The zero-order valence-electron chi connectivity index (χ0n) is 14.7. The fourth-order valence-corrected chi connectivity index (χ4v) is 3.20. The second kappa shape index (κ2) is 8.67. The molecule has 1 aromatic carbocycles. The van der Waals surface area contributed by atoms with Gasteiger partial charge in [-0.2, -0.15) is 0 Å². The van der Waals surface area contributed by atoms with E-state index in [2.05, 4.69) is 51.9 Å². The van der Waals surface area contributed by atoms with Crippen molar-refractivity contribution in [3.05, 3.63) is 53.4 Å². The summed E-state index contributed by atoms with van der Waals surface area (Å²) in [5.41, 5.74) is 3.12. The number of nitrogens with zero attached hydrogens (tertiary/aromatic N) is 2. The maximum atomic E-state index is 11.8. The number of hydrogen-bond acceptors (Lipinski definition) is 4. The number of nitrogens with one attached hydrogen (secondary N) is 2. The molecule has 2 N–H and O–H groups in total. The van der Waals surface area contributed by atoms with Gasteiger partial charge >= 0.3 is 6.03 Å². The van der Waals surface area contributed by atoms with Gasteiger partial charge in [-0.3, -0.25) is 4.90 Å². The van der Waals surface area contributed by atoms with Crippen LogP contribution in [-0.4, -0.2) is 29.2 Å². The molecule has 2 aromatic rings. The Hall–Kier alpha value is -2.34. The molecule has 2 heterocycles. The van der Waals surface area contributed by atoms with Gasteiger partial charge in [0, 0.05) is 25.7 Å². The number of carbonyl (C=O) groups excluding carboxylic acids is 1. The van der Waals surface area contributed by atoms with E-state index in [9.17, 15) is 4.79 Å². The van der Waals surface area contributed by atoms with Gasteiger partial charge in [-0.15, -0.1) is 0 Å². The van der Waals surface area contributed by atoms with Crippen LogP contribution in [0.25, 0.3) is 0 Å². The molecule has 1 fully saturated rings. The highest BCUT2D eigenvalue weighted by Gasteiger charge is 2.16. The molecule has 0 bridgehead atoms. The number of aromatic nitrogens is 1. The molecule has 0 unspecified atom stereocenters. The molecule has 3 rings (SSSR count). The van der Waals surface area contributed by atoms with Gasteiger partial charge in [0.05, 0.1) is 6.54 Å². The summed E-state index contributed by atoms with van der Waals surface area (Å²) in [6.07, 6.45) is 4.13. The molecule has 134 valence electrons. The summed E-state index contributed by atoms with van der Waals surface area (Å²) in [5, 5.41) is 9.34. The number of carbonyl (C=O) groups is 1. The first kappa shape index (κ1) is 17.5. The molecule has 0 aliphatic carbocycles. The molecule has 25 heavy (non-hydrogen) atoms. The zero-order chi connectivity index (χ0) is 17.5. The van der Waals surface area contributed by atoms with E-state index in [0.717, 1.165) is 18.0 Å². The van der Waals surface area contributed by atoms with Crippen LogP contribution in [0.5, 0.6) is 0 Å². The van der Waals surface area contributed by atoms with E-state index in [0.29, 0.717) is 18.8 Å². The van der Waals surface area contributed by atoms with Crippen molar-refractivity contribution in [1.82, 2.24) is 20.7 Å². The Kier molecular flexibility index (Phi) is 6.06. The number of urea groups is 1. The Morgan fingerprint density at radius 3 is 2.68 bits per heavy atom. The van der Waals surface area contributed by atoms with E-state index >= 15 is 0 Å². The van der Waals surface area contributed by atoms with E-state index in [1.165, 1.54) is 37.8 Å². The number of amides is 2. The number of hydrogen-bond donors (Lipinski definition) is 2. The van der Waals surface area contributed by atoms with Gasteiger partial charge in [-0.25, -0.2) is 4.79 Å². The molecular weight excluding hydrogens is 316 g/mol. The third-order valence-corrected chi connectivity index (χ3v) is 4.54. The van der Waals surface area contributed by atoms with Crippen LogP contribution in [0.2, 0.25) is 0 Å². The fourth-order valence-electron chi connectivity index (χ4n) is 3.20. The number of rotatable bonds is 6. The zero-order valence-corrected chi connectivity index (χ0v) is 14.7. The molecule has 1 atom stereocenters. The normalized spacial score (nSPS) is 18.0. The lowest BCUT2D eigenvalue weighted by Gasteiger charge is -2.30. The van der Waals surface area contributed by atoms with Gasteiger partial charge in [0.1, 0.15) is 12.0 Å². The Morgan fingerprint density at radius 1 is 1.20 bits per heavy atom. The predicted octanol–water partition coefficient (Wildman–Crippen LogP) is 2.91. The standard InChI is InChI=1S/C19H26N4O2/c1-15-3-2-9-23(13-15)14-17-6-4-16(5-7-17)11-20-19(24)21-12-18-8-10-25-22-18/h4-8,10,15H,2-3,9,11-14H2,1H3,(H2,20,21,24)/t15-/m1/s1. The molecule has 0 saturated carbocycles. The van der Waals surface area contributed by atoms with Crippen molar-refractivity contribution in [1.29, 1.82) is 0 Å². The van der Waals surface area contributed by atoms with Crippen LogP contribution < -0.4 is 10.6 Å². The quantitative estimate of drug-likeness (QED) is 0.847. The Bertz CT molecular complexity index is 655. The highest BCUT2D eigenvalue weighted by Crippen LogP contribution is 2.18. The number of benzene rings is 1. The van der Waals surface area contributed by atoms with E-state index in [-0.39, 0.29) is 6.03 Å². The molecule has 0 radical (unpaired) electrons. The first-order chi connectivity index (χ1) is 12.2. The smallest absolute Gasteiger partial charge is 0.315 e. The molecule has 1 aliphatic rings. The molecule has 6 heteroatoms. The fraction of sp³-hybridized carbons (Fsp3) is 0.474. The summed E-state index contributed by atoms with van der Waals surface area (Å²) >= 11 is 0. The molecule has 2 amide bonds. The van der Waals surface area contributed by atoms with E-state index in [1.807, 2.05) is 0 Å². The first-order valence-corrected chi connectivity index (χ1v) is 8.90. The van der Waals surface area contributed by atoms with Crippen LogP contribution >= 0.6 is 0 Å². The topological polar surface area (TPSA) is 70.4 Å². The van der Waals surface area contributed by atoms with Gasteiger partial charge in [0.2, 0.25) is 0 Å².